The SMILES string of the molecule is Nc1ccccc1C(=O)N/N=C/c1cc(Br)c(O)cc1O. The summed E-state index contributed by atoms with van der Waals surface area (Å²) in [5, 5.41) is 22.8. The van der Waals surface area contributed by atoms with Crippen molar-refractivity contribution in [2.75, 3.05) is 5.73 Å². The topological polar surface area (TPSA) is 108 Å². The van der Waals surface area contributed by atoms with Crippen LogP contribution in [0.3, 0.4) is 0 Å². The predicted octanol–water partition coefficient (Wildman–Crippen LogP) is 2.21. The van der Waals surface area contributed by atoms with Crippen molar-refractivity contribution in [2.24, 2.45) is 5.10 Å². The molecule has 0 aliphatic rings. The zero-order chi connectivity index (χ0) is 15.4. The van der Waals surface area contributed by atoms with E-state index in [0.29, 0.717) is 21.3 Å². The number of hydrogen-bond acceptors (Lipinski definition) is 5. The van der Waals surface area contributed by atoms with E-state index in [2.05, 4.69) is 26.5 Å². The molecule has 0 aromatic heterocycles. The van der Waals surface area contributed by atoms with Crippen molar-refractivity contribution in [3.8, 4) is 11.5 Å². The number of aromatic hydroxyl groups is 2. The maximum atomic E-state index is 11.8. The number of anilines is 1. The number of phenols is 2. The molecule has 0 saturated heterocycles. The summed E-state index contributed by atoms with van der Waals surface area (Å²) in [5.41, 5.74) is 8.98. The Balaban J connectivity index is 2.11. The van der Waals surface area contributed by atoms with Crippen LogP contribution in [-0.4, -0.2) is 22.3 Å². The van der Waals surface area contributed by atoms with Crippen LogP contribution in [0.5, 0.6) is 11.5 Å². The number of hydrogen-bond donors (Lipinski definition) is 4. The average molecular weight is 350 g/mol. The highest BCUT2D eigenvalue weighted by Crippen LogP contribution is 2.30. The van der Waals surface area contributed by atoms with Crippen LogP contribution in [0, 0.1) is 0 Å². The largest absolute Gasteiger partial charge is 0.507 e. The van der Waals surface area contributed by atoms with Gasteiger partial charge in [-0.05, 0) is 34.1 Å². The Morgan fingerprint density at radius 2 is 1.95 bits per heavy atom. The van der Waals surface area contributed by atoms with Crippen LogP contribution in [0.2, 0.25) is 0 Å². The predicted molar refractivity (Wildman–Crippen MR) is 83.4 cm³/mol. The van der Waals surface area contributed by atoms with Crippen molar-refractivity contribution in [2.45, 2.75) is 0 Å². The van der Waals surface area contributed by atoms with Crippen molar-refractivity contribution in [1.82, 2.24) is 5.43 Å². The Bertz CT molecular complexity index is 717. The molecule has 108 valence electrons. The third-order valence-corrected chi connectivity index (χ3v) is 3.31. The van der Waals surface area contributed by atoms with Crippen LogP contribution in [-0.2, 0) is 0 Å². The Hall–Kier alpha value is -2.54. The molecule has 5 N–H and O–H groups in total. The number of halogens is 1. The molecule has 7 heteroatoms. The molecular weight excluding hydrogens is 338 g/mol. The molecule has 1 amide bonds. The van der Waals surface area contributed by atoms with E-state index in [0.717, 1.165) is 0 Å². The van der Waals surface area contributed by atoms with Gasteiger partial charge in [-0.1, -0.05) is 12.1 Å². The van der Waals surface area contributed by atoms with Crippen LogP contribution in [0.1, 0.15) is 15.9 Å². The number of carbonyl (C=O) groups is 1. The summed E-state index contributed by atoms with van der Waals surface area (Å²) in [7, 11) is 0. The highest BCUT2D eigenvalue weighted by Gasteiger charge is 2.08. The van der Waals surface area contributed by atoms with E-state index >= 15 is 0 Å². The molecule has 2 aromatic carbocycles. The fourth-order valence-corrected chi connectivity index (χ4v) is 1.96. The second-order valence-corrected chi connectivity index (χ2v) is 5.00. The maximum Gasteiger partial charge on any atom is 0.273 e. The van der Waals surface area contributed by atoms with Gasteiger partial charge in [0, 0.05) is 17.3 Å². The molecular formula is C14H12BrN3O3. The van der Waals surface area contributed by atoms with Crippen molar-refractivity contribution in [1.29, 1.82) is 0 Å². The van der Waals surface area contributed by atoms with E-state index in [4.69, 9.17) is 5.73 Å². The summed E-state index contributed by atoms with van der Waals surface area (Å²) in [4.78, 5) is 11.8. The second-order valence-electron chi connectivity index (χ2n) is 4.15. The average Bonchev–Trinajstić information content (AvgIpc) is 2.44. The molecule has 21 heavy (non-hydrogen) atoms. The maximum absolute atomic E-state index is 11.8. The van der Waals surface area contributed by atoms with Crippen LogP contribution in [0.25, 0.3) is 0 Å². The number of amides is 1. The number of nitrogens with two attached hydrogens (primary N) is 1. The van der Waals surface area contributed by atoms with E-state index in [9.17, 15) is 15.0 Å². The van der Waals surface area contributed by atoms with Gasteiger partial charge >= 0.3 is 0 Å². The van der Waals surface area contributed by atoms with Gasteiger partial charge in [-0.2, -0.15) is 5.10 Å². The lowest BCUT2D eigenvalue weighted by Gasteiger charge is -2.04. The van der Waals surface area contributed by atoms with Gasteiger partial charge in [0.1, 0.15) is 11.5 Å². The van der Waals surface area contributed by atoms with E-state index in [-0.39, 0.29) is 11.5 Å². The van der Waals surface area contributed by atoms with Crippen molar-refractivity contribution in [3.05, 3.63) is 52.0 Å². The summed E-state index contributed by atoms with van der Waals surface area (Å²) in [5.74, 6) is -0.708. The van der Waals surface area contributed by atoms with Crippen LogP contribution < -0.4 is 11.2 Å². The lowest BCUT2D eigenvalue weighted by molar-refractivity contribution is 0.0956. The minimum Gasteiger partial charge on any atom is -0.507 e. The van der Waals surface area contributed by atoms with Crippen LogP contribution in [0.15, 0.2) is 46.0 Å². The highest BCUT2D eigenvalue weighted by molar-refractivity contribution is 9.10. The lowest BCUT2D eigenvalue weighted by atomic mass is 10.2. The molecule has 0 fully saturated rings. The van der Waals surface area contributed by atoms with Gasteiger partial charge in [0.05, 0.1) is 16.3 Å². The normalized spacial score (nSPS) is 10.7. The fourth-order valence-electron chi connectivity index (χ4n) is 1.59. The van der Waals surface area contributed by atoms with Crippen LogP contribution >= 0.6 is 15.9 Å². The summed E-state index contributed by atoms with van der Waals surface area (Å²) >= 11 is 3.12. The lowest BCUT2D eigenvalue weighted by Crippen LogP contribution is -2.19. The number of nitrogens with zero attached hydrogens (tertiary/aromatic N) is 1. The standard InChI is InChI=1S/C14H12BrN3O3/c15-10-5-8(12(19)6-13(10)20)7-17-18-14(21)9-3-1-2-4-11(9)16/h1-7,19-20H,16H2,(H,18,21)/b17-7+. The number of nitrogens with one attached hydrogen (secondary N) is 1. The summed E-state index contributed by atoms with van der Waals surface area (Å²) in [6, 6.07) is 9.25. The molecule has 0 bridgehead atoms. The monoisotopic (exact) mass is 349 g/mol. The third kappa shape index (κ3) is 3.51. The molecule has 2 aromatic rings. The van der Waals surface area contributed by atoms with Gasteiger partial charge in [-0.15, -0.1) is 0 Å². The van der Waals surface area contributed by atoms with Gasteiger partial charge in [0.2, 0.25) is 0 Å². The molecule has 0 atom stereocenters. The highest BCUT2D eigenvalue weighted by atomic mass is 79.9. The minimum absolute atomic E-state index is 0.0919. The number of nitrogen functional groups attached to an aromatic ring is 1. The van der Waals surface area contributed by atoms with E-state index in [1.165, 1.54) is 18.3 Å². The number of phenolic OH excluding ortho intramolecular Hbond substituents is 2. The Morgan fingerprint density at radius 3 is 2.67 bits per heavy atom. The molecule has 0 unspecified atom stereocenters. The summed E-state index contributed by atoms with van der Waals surface area (Å²) in [6.07, 6.45) is 1.26. The van der Waals surface area contributed by atoms with Crippen molar-refractivity contribution in [3.63, 3.8) is 0 Å². The summed E-state index contributed by atoms with van der Waals surface area (Å²) in [6.45, 7) is 0. The van der Waals surface area contributed by atoms with Gasteiger partial charge < -0.3 is 15.9 Å². The van der Waals surface area contributed by atoms with Gasteiger partial charge in [0.25, 0.3) is 5.91 Å². The second kappa shape index (κ2) is 6.27. The molecule has 0 heterocycles. The zero-order valence-electron chi connectivity index (χ0n) is 10.7. The quantitative estimate of drug-likeness (QED) is 0.387. The number of hydrazone groups is 1. The molecule has 0 aliphatic heterocycles. The molecule has 0 saturated carbocycles. The Kier molecular flexibility index (Phi) is 4.44. The summed E-state index contributed by atoms with van der Waals surface area (Å²) < 4.78 is 0.403. The van der Waals surface area contributed by atoms with Gasteiger partial charge in [0.15, 0.2) is 0 Å². The first-order valence-electron chi connectivity index (χ1n) is 5.88. The zero-order valence-corrected chi connectivity index (χ0v) is 12.3. The van der Waals surface area contributed by atoms with Crippen LogP contribution in [0.4, 0.5) is 5.69 Å². The number of benzene rings is 2. The van der Waals surface area contributed by atoms with E-state index in [1.54, 1.807) is 24.3 Å². The van der Waals surface area contributed by atoms with Gasteiger partial charge in [-0.3, -0.25) is 4.79 Å². The number of carbonyl (C=O) groups excluding carboxylic acids is 1. The first-order chi connectivity index (χ1) is 9.99. The Labute approximate surface area is 129 Å². The fraction of sp³-hybridized carbons (Fsp3) is 0. The third-order valence-electron chi connectivity index (χ3n) is 2.67. The van der Waals surface area contributed by atoms with Crippen molar-refractivity contribution < 1.29 is 15.0 Å². The Morgan fingerprint density at radius 1 is 1.24 bits per heavy atom. The number of para-hydroxylation sites is 1. The molecule has 6 nitrogen and oxygen atoms in total. The van der Waals surface area contributed by atoms with E-state index < -0.39 is 5.91 Å². The van der Waals surface area contributed by atoms with E-state index in [1.807, 2.05) is 0 Å². The number of rotatable bonds is 3. The van der Waals surface area contributed by atoms with Crippen molar-refractivity contribution >= 4 is 33.7 Å². The molecule has 2 rings (SSSR count). The smallest absolute Gasteiger partial charge is 0.273 e. The molecule has 0 radical (unpaired) electrons. The van der Waals surface area contributed by atoms with Gasteiger partial charge in [-0.25, -0.2) is 5.43 Å². The molecule has 0 aliphatic carbocycles. The first-order valence-corrected chi connectivity index (χ1v) is 6.67. The minimum atomic E-state index is -0.457. The molecule has 0 spiro atoms. The first kappa shape index (κ1) is 14.9.